The lowest BCUT2D eigenvalue weighted by atomic mass is 10.1. The molecule has 0 aliphatic carbocycles. The standard InChI is InChI=1S/C18H24N2O6S/c1-27-10-7-14(17(22)20-8-9-25-15(11-20)18(23)24)19-16(21)12-26-13-5-3-2-4-6-13/h2-6,14-15H,7-12H2,1H3,(H,19,21)(H,23,24). The molecule has 2 N–H and O–H groups in total. The Labute approximate surface area is 162 Å². The number of ether oxygens (including phenoxy) is 2. The van der Waals surface area contributed by atoms with Gasteiger partial charge in [0.05, 0.1) is 13.2 Å². The van der Waals surface area contributed by atoms with E-state index in [1.54, 1.807) is 36.0 Å². The first kappa shape index (κ1) is 21.0. The van der Waals surface area contributed by atoms with E-state index in [1.807, 2.05) is 12.3 Å². The molecular weight excluding hydrogens is 372 g/mol. The highest BCUT2D eigenvalue weighted by Crippen LogP contribution is 2.11. The third-order valence-corrected chi connectivity index (χ3v) is 4.65. The molecule has 2 amide bonds. The van der Waals surface area contributed by atoms with E-state index in [-0.39, 0.29) is 25.7 Å². The van der Waals surface area contributed by atoms with Gasteiger partial charge in [0, 0.05) is 6.54 Å². The van der Waals surface area contributed by atoms with Crippen molar-refractivity contribution in [3.05, 3.63) is 30.3 Å². The highest BCUT2D eigenvalue weighted by atomic mass is 32.2. The van der Waals surface area contributed by atoms with E-state index in [0.717, 1.165) is 0 Å². The van der Waals surface area contributed by atoms with E-state index < -0.39 is 24.0 Å². The number of carboxylic acids is 1. The number of para-hydroxylation sites is 1. The van der Waals surface area contributed by atoms with Gasteiger partial charge in [0.15, 0.2) is 12.7 Å². The SMILES string of the molecule is CSCCC(NC(=O)COc1ccccc1)C(=O)N1CCOC(C(=O)O)C1. The Kier molecular flexibility index (Phi) is 8.41. The molecule has 1 aromatic carbocycles. The van der Waals surface area contributed by atoms with Gasteiger partial charge in [-0.1, -0.05) is 18.2 Å². The number of morpholine rings is 1. The first-order valence-electron chi connectivity index (χ1n) is 8.60. The Morgan fingerprint density at radius 3 is 2.78 bits per heavy atom. The number of nitrogens with one attached hydrogen (secondary N) is 1. The van der Waals surface area contributed by atoms with Crippen molar-refractivity contribution in [1.29, 1.82) is 0 Å². The molecule has 148 valence electrons. The van der Waals surface area contributed by atoms with Crippen LogP contribution >= 0.6 is 11.8 Å². The van der Waals surface area contributed by atoms with Gasteiger partial charge in [-0.15, -0.1) is 0 Å². The van der Waals surface area contributed by atoms with Crippen molar-refractivity contribution in [3.63, 3.8) is 0 Å². The smallest absolute Gasteiger partial charge is 0.334 e. The summed E-state index contributed by atoms with van der Waals surface area (Å²) in [5, 5.41) is 11.8. The number of carboxylic acid groups (broad SMARTS) is 1. The van der Waals surface area contributed by atoms with Crippen LogP contribution < -0.4 is 10.1 Å². The molecule has 2 atom stereocenters. The van der Waals surface area contributed by atoms with Gasteiger partial charge in [0.1, 0.15) is 11.8 Å². The lowest BCUT2D eigenvalue weighted by Gasteiger charge is -2.33. The minimum Gasteiger partial charge on any atom is -0.484 e. The van der Waals surface area contributed by atoms with Crippen LogP contribution in [0.1, 0.15) is 6.42 Å². The Morgan fingerprint density at radius 1 is 1.37 bits per heavy atom. The second kappa shape index (κ2) is 10.8. The highest BCUT2D eigenvalue weighted by molar-refractivity contribution is 7.98. The van der Waals surface area contributed by atoms with E-state index in [1.165, 1.54) is 4.90 Å². The van der Waals surface area contributed by atoms with Gasteiger partial charge in [0.25, 0.3) is 5.91 Å². The van der Waals surface area contributed by atoms with E-state index in [9.17, 15) is 14.4 Å². The second-order valence-corrected chi connectivity index (χ2v) is 6.97. The van der Waals surface area contributed by atoms with Crippen LogP contribution in [0.5, 0.6) is 5.75 Å². The van der Waals surface area contributed by atoms with E-state index in [0.29, 0.717) is 24.5 Å². The number of benzene rings is 1. The van der Waals surface area contributed by atoms with Crippen molar-refractivity contribution < 1.29 is 29.0 Å². The van der Waals surface area contributed by atoms with E-state index in [2.05, 4.69) is 5.32 Å². The molecule has 8 nitrogen and oxygen atoms in total. The van der Waals surface area contributed by atoms with Crippen molar-refractivity contribution in [1.82, 2.24) is 10.2 Å². The zero-order chi connectivity index (χ0) is 19.6. The normalized spacial score (nSPS) is 17.8. The minimum absolute atomic E-state index is 0.0275. The van der Waals surface area contributed by atoms with Crippen LogP contribution in [0.3, 0.4) is 0 Å². The summed E-state index contributed by atoms with van der Waals surface area (Å²) in [5.41, 5.74) is 0. The number of thioether (sulfide) groups is 1. The quantitative estimate of drug-likeness (QED) is 0.630. The predicted octanol–water partition coefficient (Wildman–Crippen LogP) is 0.615. The molecule has 1 aliphatic heterocycles. The molecule has 0 radical (unpaired) electrons. The molecule has 9 heteroatoms. The summed E-state index contributed by atoms with van der Waals surface area (Å²) >= 11 is 1.56. The van der Waals surface area contributed by atoms with Crippen LogP contribution in [0.4, 0.5) is 0 Å². The summed E-state index contributed by atoms with van der Waals surface area (Å²) in [7, 11) is 0. The van der Waals surface area contributed by atoms with Crippen molar-refractivity contribution >= 4 is 29.5 Å². The molecule has 1 fully saturated rings. The number of carbonyl (C=O) groups is 3. The number of aliphatic carboxylic acids is 1. The number of hydrogen-bond acceptors (Lipinski definition) is 6. The van der Waals surface area contributed by atoms with Gasteiger partial charge in [-0.3, -0.25) is 9.59 Å². The predicted molar refractivity (Wildman–Crippen MR) is 101 cm³/mol. The largest absolute Gasteiger partial charge is 0.484 e. The first-order chi connectivity index (χ1) is 13.0. The average Bonchev–Trinajstić information content (AvgIpc) is 2.69. The molecular formula is C18H24N2O6S. The number of amides is 2. The van der Waals surface area contributed by atoms with Crippen LogP contribution in [-0.4, -0.2) is 78.2 Å². The van der Waals surface area contributed by atoms with Gasteiger partial charge >= 0.3 is 5.97 Å². The zero-order valence-corrected chi connectivity index (χ0v) is 15.9. The van der Waals surface area contributed by atoms with Crippen molar-refractivity contribution in [2.75, 3.05) is 38.3 Å². The monoisotopic (exact) mass is 396 g/mol. The molecule has 2 rings (SSSR count). The molecule has 0 bridgehead atoms. The molecule has 1 saturated heterocycles. The van der Waals surface area contributed by atoms with Crippen LogP contribution in [-0.2, 0) is 19.1 Å². The summed E-state index contributed by atoms with van der Waals surface area (Å²) in [6.07, 6.45) is 1.32. The molecule has 0 spiro atoms. The molecule has 1 aromatic rings. The maximum Gasteiger partial charge on any atom is 0.334 e. The van der Waals surface area contributed by atoms with Crippen molar-refractivity contribution in [2.24, 2.45) is 0 Å². The topological polar surface area (TPSA) is 105 Å². The molecule has 1 aliphatic rings. The van der Waals surface area contributed by atoms with Crippen LogP contribution in [0, 0.1) is 0 Å². The lowest BCUT2D eigenvalue weighted by molar-refractivity contribution is -0.160. The molecule has 0 saturated carbocycles. The van der Waals surface area contributed by atoms with Crippen LogP contribution in [0.25, 0.3) is 0 Å². The van der Waals surface area contributed by atoms with Crippen LogP contribution in [0.15, 0.2) is 30.3 Å². The fraction of sp³-hybridized carbons (Fsp3) is 0.500. The van der Waals surface area contributed by atoms with E-state index in [4.69, 9.17) is 14.6 Å². The van der Waals surface area contributed by atoms with Crippen LogP contribution in [0.2, 0.25) is 0 Å². The third-order valence-electron chi connectivity index (χ3n) is 4.01. The molecule has 0 aromatic heterocycles. The van der Waals surface area contributed by atoms with Gasteiger partial charge < -0.3 is 24.8 Å². The third kappa shape index (κ3) is 6.76. The minimum atomic E-state index is -1.10. The Morgan fingerprint density at radius 2 is 2.11 bits per heavy atom. The number of rotatable bonds is 9. The number of nitrogens with zero attached hydrogens (tertiary/aromatic N) is 1. The maximum absolute atomic E-state index is 12.8. The van der Waals surface area contributed by atoms with Gasteiger partial charge in [-0.05, 0) is 30.6 Å². The summed E-state index contributed by atoms with van der Waals surface area (Å²) in [5.74, 6) is -0.554. The Balaban J connectivity index is 1.93. The van der Waals surface area contributed by atoms with Gasteiger partial charge in [0.2, 0.25) is 5.91 Å². The van der Waals surface area contributed by atoms with Crippen molar-refractivity contribution in [2.45, 2.75) is 18.6 Å². The summed E-state index contributed by atoms with van der Waals surface area (Å²) in [6, 6.07) is 8.20. The fourth-order valence-corrected chi connectivity index (χ4v) is 3.09. The summed E-state index contributed by atoms with van der Waals surface area (Å²) in [6.45, 7) is 0.228. The first-order valence-corrected chi connectivity index (χ1v) is 10.00. The Hall–Kier alpha value is -2.26. The number of carbonyl (C=O) groups excluding carboxylic acids is 2. The summed E-state index contributed by atoms with van der Waals surface area (Å²) in [4.78, 5) is 37.6. The fourth-order valence-electron chi connectivity index (χ4n) is 2.61. The Bertz CT molecular complexity index is 642. The average molecular weight is 396 g/mol. The second-order valence-electron chi connectivity index (χ2n) is 5.99. The molecule has 27 heavy (non-hydrogen) atoms. The van der Waals surface area contributed by atoms with Gasteiger partial charge in [-0.2, -0.15) is 11.8 Å². The zero-order valence-electron chi connectivity index (χ0n) is 15.1. The van der Waals surface area contributed by atoms with E-state index >= 15 is 0 Å². The highest BCUT2D eigenvalue weighted by Gasteiger charge is 2.32. The lowest BCUT2D eigenvalue weighted by Crippen LogP contribution is -2.55. The molecule has 2 unspecified atom stereocenters. The summed E-state index contributed by atoms with van der Waals surface area (Å²) < 4.78 is 10.6. The van der Waals surface area contributed by atoms with Crippen molar-refractivity contribution in [3.8, 4) is 5.75 Å². The molecule has 1 heterocycles. The maximum atomic E-state index is 12.8. The van der Waals surface area contributed by atoms with Gasteiger partial charge in [-0.25, -0.2) is 4.79 Å². The number of hydrogen-bond donors (Lipinski definition) is 2.